The normalized spacial score (nSPS) is 11.0. The first-order valence-corrected chi connectivity index (χ1v) is 8.99. The van der Waals surface area contributed by atoms with Gasteiger partial charge in [-0.15, -0.1) is 11.3 Å². The molecule has 0 amide bonds. The predicted molar refractivity (Wildman–Crippen MR) is 106 cm³/mol. The van der Waals surface area contributed by atoms with Crippen LogP contribution >= 0.6 is 11.3 Å². The standard InChI is InChI=1S/C22H11N3S/c23-12-14-6-5-7-15(13-24)21(14)25-18-10-3-1-8-16(18)20-17-9-2-4-11-19(17)26-22(20)25/h1-11H. The van der Waals surface area contributed by atoms with Crippen LogP contribution in [0.4, 0.5) is 0 Å². The second-order valence-electron chi connectivity index (χ2n) is 6.06. The van der Waals surface area contributed by atoms with Crippen molar-refractivity contribution >= 4 is 42.5 Å². The fraction of sp³-hybridized carbons (Fsp3) is 0. The molecule has 0 saturated heterocycles. The number of nitrogens with zero attached hydrogens (tertiary/aromatic N) is 3. The van der Waals surface area contributed by atoms with Gasteiger partial charge in [-0.25, -0.2) is 0 Å². The van der Waals surface area contributed by atoms with Gasteiger partial charge in [-0.2, -0.15) is 10.5 Å². The maximum atomic E-state index is 9.65. The average molecular weight is 349 g/mol. The summed E-state index contributed by atoms with van der Waals surface area (Å²) in [6.45, 7) is 0. The van der Waals surface area contributed by atoms with Crippen molar-refractivity contribution in [3.63, 3.8) is 0 Å². The lowest BCUT2D eigenvalue weighted by atomic mass is 10.1. The largest absolute Gasteiger partial charge is 0.298 e. The highest BCUT2D eigenvalue weighted by molar-refractivity contribution is 7.25. The van der Waals surface area contributed by atoms with E-state index in [1.54, 1.807) is 29.5 Å². The molecule has 0 spiro atoms. The van der Waals surface area contributed by atoms with E-state index in [-0.39, 0.29) is 0 Å². The minimum atomic E-state index is 0.504. The van der Waals surface area contributed by atoms with Gasteiger partial charge in [-0.1, -0.05) is 42.5 Å². The van der Waals surface area contributed by atoms with E-state index in [0.29, 0.717) is 16.8 Å². The van der Waals surface area contributed by atoms with E-state index in [1.807, 2.05) is 30.3 Å². The molecule has 0 unspecified atom stereocenters. The van der Waals surface area contributed by atoms with E-state index < -0.39 is 0 Å². The number of benzene rings is 3. The molecule has 3 nitrogen and oxygen atoms in total. The number of fused-ring (bicyclic) bond motifs is 5. The Balaban J connectivity index is 2.08. The van der Waals surface area contributed by atoms with Crippen LogP contribution in [0, 0.1) is 22.7 Å². The molecule has 0 radical (unpaired) electrons. The number of para-hydroxylation sites is 2. The van der Waals surface area contributed by atoms with Crippen LogP contribution in [0.25, 0.3) is 36.9 Å². The minimum Gasteiger partial charge on any atom is -0.298 e. The summed E-state index contributed by atoms with van der Waals surface area (Å²) >= 11 is 1.69. The summed E-state index contributed by atoms with van der Waals surface area (Å²) in [6.07, 6.45) is 0. The second-order valence-corrected chi connectivity index (χ2v) is 7.09. The lowest BCUT2D eigenvalue weighted by Gasteiger charge is -2.10. The highest BCUT2D eigenvalue weighted by atomic mass is 32.1. The number of nitriles is 2. The number of hydrogen-bond acceptors (Lipinski definition) is 3. The molecule has 120 valence electrons. The van der Waals surface area contributed by atoms with E-state index in [9.17, 15) is 10.5 Å². The smallest absolute Gasteiger partial charge is 0.109 e. The molecule has 0 bridgehead atoms. The molecule has 26 heavy (non-hydrogen) atoms. The van der Waals surface area contributed by atoms with Gasteiger partial charge >= 0.3 is 0 Å². The van der Waals surface area contributed by atoms with Crippen molar-refractivity contribution in [1.29, 1.82) is 10.5 Å². The molecule has 0 atom stereocenters. The first kappa shape index (κ1) is 14.7. The van der Waals surface area contributed by atoms with E-state index in [1.165, 1.54) is 15.5 Å². The summed E-state index contributed by atoms with van der Waals surface area (Å²) in [6, 6.07) is 26.3. The van der Waals surface area contributed by atoms with E-state index in [4.69, 9.17) is 0 Å². The first-order valence-electron chi connectivity index (χ1n) is 8.17. The number of thiophene rings is 1. The summed E-state index contributed by atoms with van der Waals surface area (Å²) in [5, 5.41) is 22.8. The Kier molecular flexibility index (Phi) is 3.09. The average Bonchev–Trinajstić information content (AvgIpc) is 3.21. The molecule has 0 aliphatic rings. The van der Waals surface area contributed by atoms with Crippen molar-refractivity contribution in [1.82, 2.24) is 4.57 Å². The minimum absolute atomic E-state index is 0.504. The number of aromatic nitrogens is 1. The summed E-state index contributed by atoms with van der Waals surface area (Å²) in [5.41, 5.74) is 2.68. The Morgan fingerprint density at radius 3 is 2.12 bits per heavy atom. The van der Waals surface area contributed by atoms with Gasteiger partial charge in [0, 0.05) is 20.9 Å². The quantitative estimate of drug-likeness (QED) is 0.387. The van der Waals surface area contributed by atoms with Gasteiger partial charge in [0.1, 0.15) is 17.0 Å². The van der Waals surface area contributed by atoms with Crippen molar-refractivity contribution < 1.29 is 0 Å². The van der Waals surface area contributed by atoms with E-state index in [2.05, 4.69) is 34.9 Å². The fourth-order valence-corrected chi connectivity index (χ4v) is 4.86. The molecule has 0 aliphatic carbocycles. The zero-order valence-electron chi connectivity index (χ0n) is 13.6. The first-order chi connectivity index (χ1) is 12.8. The molecule has 0 saturated carbocycles. The maximum Gasteiger partial charge on any atom is 0.109 e. The van der Waals surface area contributed by atoms with Crippen LogP contribution in [0.3, 0.4) is 0 Å². The SMILES string of the molecule is N#Cc1cccc(C#N)c1-n1c2ccccc2c2c3ccccc3sc21. The molecule has 5 aromatic rings. The van der Waals surface area contributed by atoms with Crippen molar-refractivity contribution in [3.05, 3.63) is 77.9 Å². The van der Waals surface area contributed by atoms with Crippen molar-refractivity contribution in [2.24, 2.45) is 0 Å². The van der Waals surface area contributed by atoms with Gasteiger partial charge in [-0.3, -0.25) is 4.57 Å². The van der Waals surface area contributed by atoms with Gasteiger partial charge in [0.2, 0.25) is 0 Å². The predicted octanol–water partition coefficient (Wildman–Crippen LogP) is 5.74. The topological polar surface area (TPSA) is 52.5 Å². The molecule has 0 N–H and O–H groups in total. The molecule has 2 heterocycles. The highest BCUT2D eigenvalue weighted by Crippen LogP contribution is 2.42. The molecule has 0 aliphatic heterocycles. The van der Waals surface area contributed by atoms with Gasteiger partial charge in [0.05, 0.1) is 22.3 Å². The monoisotopic (exact) mass is 349 g/mol. The van der Waals surface area contributed by atoms with Gasteiger partial charge in [0.15, 0.2) is 0 Å². The molecular formula is C22H11N3S. The fourth-order valence-electron chi connectivity index (χ4n) is 3.63. The Morgan fingerprint density at radius 2 is 1.38 bits per heavy atom. The van der Waals surface area contributed by atoms with Crippen LogP contribution in [-0.4, -0.2) is 4.57 Å². The van der Waals surface area contributed by atoms with Crippen molar-refractivity contribution in [3.8, 4) is 17.8 Å². The summed E-state index contributed by atoms with van der Waals surface area (Å²) in [4.78, 5) is 1.06. The molecule has 5 rings (SSSR count). The number of rotatable bonds is 1. The third kappa shape index (κ3) is 1.85. The summed E-state index contributed by atoms with van der Waals surface area (Å²) in [5.74, 6) is 0. The van der Waals surface area contributed by atoms with Gasteiger partial charge in [-0.05, 0) is 24.3 Å². The lowest BCUT2D eigenvalue weighted by Crippen LogP contribution is -2.00. The zero-order chi connectivity index (χ0) is 17.7. The molecule has 4 heteroatoms. The molecule has 2 aromatic heterocycles. The third-order valence-electron chi connectivity index (χ3n) is 4.69. The molecule has 0 fully saturated rings. The molecule has 3 aromatic carbocycles. The molecular weight excluding hydrogens is 338 g/mol. The Labute approximate surface area is 153 Å². The van der Waals surface area contributed by atoms with Crippen LogP contribution in [0.5, 0.6) is 0 Å². The second kappa shape index (κ2) is 5.46. The Bertz CT molecular complexity index is 1370. The number of hydrogen-bond donors (Lipinski definition) is 0. The van der Waals surface area contributed by atoms with Crippen LogP contribution in [0.1, 0.15) is 11.1 Å². The van der Waals surface area contributed by atoms with Crippen LogP contribution < -0.4 is 0 Å². The van der Waals surface area contributed by atoms with Gasteiger partial charge in [0.25, 0.3) is 0 Å². The van der Waals surface area contributed by atoms with Crippen molar-refractivity contribution in [2.75, 3.05) is 0 Å². The summed E-state index contributed by atoms with van der Waals surface area (Å²) < 4.78 is 3.27. The summed E-state index contributed by atoms with van der Waals surface area (Å²) in [7, 11) is 0. The van der Waals surface area contributed by atoms with Crippen LogP contribution in [0.15, 0.2) is 66.7 Å². The maximum absolute atomic E-state index is 9.65. The van der Waals surface area contributed by atoms with Crippen molar-refractivity contribution in [2.45, 2.75) is 0 Å². The van der Waals surface area contributed by atoms with E-state index >= 15 is 0 Å². The Morgan fingerprint density at radius 1 is 0.731 bits per heavy atom. The van der Waals surface area contributed by atoms with Crippen LogP contribution in [0.2, 0.25) is 0 Å². The zero-order valence-corrected chi connectivity index (χ0v) is 14.4. The lowest BCUT2D eigenvalue weighted by molar-refractivity contribution is 1.17. The van der Waals surface area contributed by atoms with E-state index in [0.717, 1.165) is 15.7 Å². The van der Waals surface area contributed by atoms with Gasteiger partial charge < -0.3 is 0 Å². The van der Waals surface area contributed by atoms with Crippen LogP contribution in [-0.2, 0) is 0 Å². The Hall–Kier alpha value is -3.60. The third-order valence-corrected chi connectivity index (χ3v) is 5.85. The highest BCUT2D eigenvalue weighted by Gasteiger charge is 2.20.